The van der Waals surface area contributed by atoms with E-state index in [1.165, 1.54) is 0 Å². The maximum absolute atomic E-state index is 12.7. The van der Waals surface area contributed by atoms with Gasteiger partial charge in [-0.15, -0.1) is 5.10 Å². The summed E-state index contributed by atoms with van der Waals surface area (Å²) in [5, 5.41) is 15.1. The number of aromatic amines is 1. The molecule has 1 unspecified atom stereocenters. The Labute approximate surface area is 199 Å². The van der Waals surface area contributed by atoms with Crippen molar-refractivity contribution in [2.24, 2.45) is 5.73 Å². The number of H-pyrrole nitrogens is 1. The highest BCUT2D eigenvalue weighted by atomic mass is 16.2. The van der Waals surface area contributed by atoms with Crippen LogP contribution in [0.3, 0.4) is 0 Å². The number of aromatic nitrogens is 4. The topological polar surface area (TPSA) is 121 Å². The van der Waals surface area contributed by atoms with Crippen molar-refractivity contribution in [3.8, 4) is 0 Å². The minimum atomic E-state index is -0.752. The molecule has 1 aromatic heterocycles. The molecule has 3 N–H and O–H groups in total. The van der Waals surface area contributed by atoms with Gasteiger partial charge in [0, 0.05) is 45.4 Å². The summed E-state index contributed by atoms with van der Waals surface area (Å²) in [6, 6.07) is 11.5. The van der Waals surface area contributed by atoms with E-state index < -0.39 is 5.41 Å². The lowest BCUT2D eigenvalue weighted by Crippen LogP contribution is -2.38. The first kappa shape index (κ1) is 23.6. The monoisotopic (exact) mass is 461 g/mol. The Hall–Kier alpha value is -3.59. The zero-order chi connectivity index (χ0) is 24.6. The maximum Gasteiger partial charge on any atom is 0.253 e. The Morgan fingerprint density at radius 1 is 0.971 bits per heavy atom. The number of carbonyl (C=O) groups excluding carboxylic acids is 2. The molecule has 0 radical (unpaired) electrons. The summed E-state index contributed by atoms with van der Waals surface area (Å²) >= 11 is 0. The summed E-state index contributed by atoms with van der Waals surface area (Å²) in [4.78, 5) is 28.6. The standard InChI is InChI=1S/C25H31N7O2/c1-15(26)14-25(24-27-29-30-28-24)20-10-8-18(22(33)31(2)3)12-16(20)6-7-17-13-19(9-11-21(17)25)23(34)32(4)5/h8-13,15H,6-7,14,26H2,1-5H3,(H,27,28,29,30). The van der Waals surface area contributed by atoms with E-state index in [0.29, 0.717) is 36.2 Å². The van der Waals surface area contributed by atoms with Crippen LogP contribution in [0.1, 0.15) is 62.1 Å². The summed E-state index contributed by atoms with van der Waals surface area (Å²) in [6.45, 7) is 1.96. The number of nitrogens with zero attached hydrogens (tertiary/aromatic N) is 5. The molecule has 0 saturated carbocycles. The Bertz CT molecular complexity index is 1140. The lowest BCUT2D eigenvalue weighted by molar-refractivity contribution is 0.0820. The van der Waals surface area contributed by atoms with Crippen LogP contribution < -0.4 is 5.73 Å². The van der Waals surface area contributed by atoms with E-state index in [2.05, 4.69) is 20.6 Å². The van der Waals surface area contributed by atoms with E-state index >= 15 is 0 Å². The number of nitrogens with two attached hydrogens (primary N) is 1. The number of fused-ring (bicyclic) bond motifs is 2. The van der Waals surface area contributed by atoms with Gasteiger partial charge in [-0.1, -0.05) is 12.1 Å². The molecule has 2 amide bonds. The number of benzene rings is 2. The molecule has 0 fully saturated rings. The summed E-state index contributed by atoms with van der Waals surface area (Å²) in [5.41, 5.74) is 11.0. The normalized spacial score (nSPS) is 15.0. The molecule has 1 atom stereocenters. The van der Waals surface area contributed by atoms with Crippen LogP contribution in [0.4, 0.5) is 0 Å². The number of rotatable bonds is 5. The van der Waals surface area contributed by atoms with Gasteiger partial charge in [-0.05, 0) is 83.1 Å². The van der Waals surface area contributed by atoms with Crippen LogP contribution in [-0.2, 0) is 18.3 Å². The van der Waals surface area contributed by atoms with Gasteiger partial charge in [0.05, 0.1) is 5.41 Å². The smallest absolute Gasteiger partial charge is 0.253 e. The molecule has 2 aromatic carbocycles. The SMILES string of the molecule is CC(N)CC1(c2nnn[nH]2)c2ccc(C(=O)N(C)C)cc2CCc2cc(C(=O)N(C)C)ccc21. The molecule has 0 aliphatic heterocycles. The fraction of sp³-hybridized carbons (Fsp3) is 0.400. The van der Waals surface area contributed by atoms with E-state index in [1.54, 1.807) is 38.0 Å². The van der Waals surface area contributed by atoms with Gasteiger partial charge in [0.25, 0.3) is 11.8 Å². The lowest BCUT2D eigenvalue weighted by atomic mass is 9.68. The summed E-state index contributed by atoms with van der Waals surface area (Å²) in [7, 11) is 6.98. The van der Waals surface area contributed by atoms with Crippen LogP contribution in [0.15, 0.2) is 36.4 Å². The first-order chi connectivity index (χ1) is 16.1. The Kier molecular flexibility index (Phi) is 6.22. The number of aryl methyl sites for hydroxylation is 2. The van der Waals surface area contributed by atoms with E-state index in [0.717, 1.165) is 22.3 Å². The molecule has 178 valence electrons. The Morgan fingerprint density at radius 2 is 1.47 bits per heavy atom. The Morgan fingerprint density at radius 3 is 1.85 bits per heavy atom. The zero-order valence-electron chi connectivity index (χ0n) is 20.3. The molecular formula is C25H31N7O2. The molecule has 9 nitrogen and oxygen atoms in total. The molecule has 1 heterocycles. The van der Waals surface area contributed by atoms with Crippen molar-refractivity contribution in [2.75, 3.05) is 28.2 Å². The lowest BCUT2D eigenvalue weighted by Gasteiger charge is -2.36. The fourth-order valence-corrected chi connectivity index (χ4v) is 5.03. The number of carbonyl (C=O) groups is 2. The number of nitrogens with one attached hydrogen (secondary N) is 1. The first-order valence-electron chi connectivity index (χ1n) is 11.3. The average molecular weight is 462 g/mol. The highest BCUT2D eigenvalue weighted by molar-refractivity contribution is 5.95. The molecule has 1 aliphatic carbocycles. The van der Waals surface area contributed by atoms with E-state index in [1.807, 2.05) is 43.3 Å². The number of hydrogen-bond donors (Lipinski definition) is 2. The fourth-order valence-electron chi connectivity index (χ4n) is 5.03. The molecule has 1 aliphatic rings. The van der Waals surface area contributed by atoms with Crippen molar-refractivity contribution < 1.29 is 9.59 Å². The van der Waals surface area contributed by atoms with E-state index in [-0.39, 0.29) is 17.9 Å². The molecular weight excluding hydrogens is 430 g/mol. The summed E-state index contributed by atoms with van der Waals surface area (Å²) in [6.07, 6.45) is 1.96. The van der Waals surface area contributed by atoms with Crippen molar-refractivity contribution in [3.63, 3.8) is 0 Å². The van der Waals surface area contributed by atoms with Crippen LogP contribution in [0.25, 0.3) is 0 Å². The predicted molar refractivity (Wildman–Crippen MR) is 129 cm³/mol. The van der Waals surface area contributed by atoms with E-state index in [9.17, 15) is 9.59 Å². The molecule has 9 heteroatoms. The predicted octanol–water partition coefficient (Wildman–Crippen LogP) is 1.77. The quantitative estimate of drug-likeness (QED) is 0.597. The molecule has 0 spiro atoms. The minimum Gasteiger partial charge on any atom is -0.345 e. The van der Waals surface area contributed by atoms with Crippen molar-refractivity contribution in [3.05, 3.63) is 75.6 Å². The van der Waals surface area contributed by atoms with Gasteiger partial charge >= 0.3 is 0 Å². The highest BCUT2D eigenvalue weighted by Gasteiger charge is 2.44. The van der Waals surface area contributed by atoms with Gasteiger partial charge in [-0.3, -0.25) is 9.59 Å². The van der Waals surface area contributed by atoms with Gasteiger partial charge in [-0.25, -0.2) is 5.10 Å². The maximum atomic E-state index is 12.7. The van der Waals surface area contributed by atoms with Gasteiger partial charge in [0.1, 0.15) is 0 Å². The molecule has 34 heavy (non-hydrogen) atoms. The molecule has 4 rings (SSSR count). The van der Waals surface area contributed by atoms with Crippen molar-refractivity contribution in [1.82, 2.24) is 30.4 Å². The van der Waals surface area contributed by atoms with Crippen LogP contribution in [-0.4, -0.2) is 76.5 Å². The second-order valence-corrected chi connectivity index (χ2v) is 9.48. The van der Waals surface area contributed by atoms with Crippen LogP contribution in [0.5, 0.6) is 0 Å². The molecule has 0 bridgehead atoms. The highest BCUT2D eigenvalue weighted by Crippen LogP contribution is 2.46. The first-order valence-corrected chi connectivity index (χ1v) is 11.3. The number of amides is 2. The third kappa shape index (κ3) is 3.96. The second kappa shape index (κ2) is 8.98. The van der Waals surface area contributed by atoms with Crippen molar-refractivity contribution in [2.45, 2.75) is 37.6 Å². The van der Waals surface area contributed by atoms with Crippen LogP contribution >= 0.6 is 0 Å². The number of hydrogen-bond acceptors (Lipinski definition) is 6. The van der Waals surface area contributed by atoms with Gasteiger partial charge in [0.2, 0.25) is 0 Å². The Balaban J connectivity index is 2.00. The second-order valence-electron chi connectivity index (χ2n) is 9.48. The average Bonchev–Trinajstić information content (AvgIpc) is 3.31. The van der Waals surface area contributed by atoms with Crippen LogP contribution in [0, 0.1) is 0 Å². The van der Waals surface area contributed by atoms with Crippen molar-refractivity contribution in [1.29, 1.82) is 0 Å². The van der Waals surface area contributed by atoms with Gasteiger partial charge < -0.3 is 15.5 Å². The van der Waals surface area contributed by atoms with Gasteiger partial charge in [-0.2, -0.15) is 0 Å². The largest absolute Gasteiger partial charge is 0.345 e. The van der Waals surface area contributed by atoms with Crippen LogP contribution in [0.2, 0.25) is 0 Å². The van der Waals surface area contributed by atoms with E-state index in [4.69, 9.17) is 5.73 Å². The molecule has 3 aromatic rings. The van der Waals surface area contributed by atoms with Gasteiger partial charge in [0.15, 0.2) is 5.82 Å². The molecule has 0 saturated heterocycles. The minimum absolute atomic E-state index is 0.0532. The van der Waals surface area contributed by atoms with Crippen molar-refractivity contribution >= 4 is 11.8 Å². The third-order valence-electron chi connectivity index (χ3n) is 6.48. The third-order valence-corrected chi connectivity index (χ3v) is 6.48. The summed E-state index contributed by atoms with van der Waals surface area (Å²) in [5.74, 6) is 0.484. The number of tetrazole rings is 1. The summed E-state index contributed by atoms with van der Waals surface area (Å²) < 4.78 is 0. The zero-order valence-corrected chi connectivity index (χ0v) is 20.3.